The summed E-state index contributed by atoms with van der Waals surface area (Å²) in [7, 11) is 1.66. The zero-order valence-corrected chi connectivity index (χ0v) is 19.5. The van der Waals surface area contributed by atoms with Gasteiger partial charge in [-0.15, -0.1) is 0 Å². The molecule has 7 nitrogen and oxygen atoms in total. The summed E-state index contributed by atoms with van der Waals surface area (Å²) in [5.41, 5.74) is 2.82. The minimum atomic E-state index is -0.226. The fourth-order valence-corrected chi connectivity index (χ4v) is 4.30. The van der Waals surface area contributed by atoms with E-state index in [1.807, 2.05) is 25.1 Å². The molecule has 1 aromatic heterocycles. The number of amides is 2. The maximum atomic E-state index is 12.7. The molecule has 2 amide bonds. The summed E-state index contributed by atoms with van der Waals surface area (Å²) in [5, 5.41) is 6.71. The molecule has 0 spiro atoms. The van der Waals surface area contributed by atoms with Crippen LogP contribution in [0.1, 0.15) is 29.4 Å². The molecule has 1 saturated heterocycles. The Balaban J connectivity index is 1.48. The standard InChI is InChI=1S/C25H28ClN5O2/c1-17-11-13-27-24(28-17)16-31-14-12-23(22(15-31)18-3-9-21(33-2)10-4-18)30-25(32)29-20-7-5-19(26)6-8-20/h3-11,13,22-23H,12,14-16H2,1-2H3,(H2,29,30,32)/t22?,23-/m1/s1. The summed E-state index contributed by atoms with van der Waals surface area (Å²) >= 11 is 5.94. The molecule has 4 rings (SSSR count). The van der Waals surface area contributed by atoms with Gasteiger partial charge in [0.25, 0.3) is 0 Å². The summed E-state index contributed by atoms with van der Waals surface area (Å²) in [4.78, 5) is 24.1. The van der Waals surface area contributed by atoms with Crippen LogP contribution < -0.4 is 15.4 Å². The highest BCUT2D eigenvalue weighted by Gasteiger charge is 2.32. The lowest BCUT2D eigenvalue weighted by atomic mass is 9.86. The van der Waals surface area contributed by atoms with Gasteiger partial charge in [0.05, 0.1) is 13.7 Å². The minimum absolute atomic E-state index is 0.0135. The van der Waals surface area contributed by atoms with E-state index in [2.05, 4.69) is 37.6 Å². The molecule has 2 atom stereocenters. The highest BCUT2D eigenvalue weighted by molar-refractivity contribution is 6.30. The van der Waals surface area contributed by atoms with Crippen LogP contribution in [-0.2, 0) is 6.54 Å². The molecule has 33 heavy (non-hydrogen) atoms. The van der Waals surface area contributed by atoms with Gasteiger partial charge in [-0.2, -0.15) is 0 Å². The number of hydrogen-bond acceptors (Lipinski definition) is 5. The first-order chi connectivity index (χ1) is 16.0. The lowest BCUT2D eigenvalue weighted by molar-refractivity contribution is 0.165. The molecule has 1 aliphatic rings. The molecule has 172 valence electrons. The van der Waals surface area contributed by atoms with E-state index in [1.165, 1.54) is 0 Å². The molecule has 0 saturated carbocycles. The number of rotatable bonds is 6. The second-order valence-corrected chi connectivity index (χ2v) is 8.67. The van der Waals surface area contributed by atoms with Gasteiger partial charge in [0, 0.05) is 47.7 Å². The van der Waals surface area contributed by atoms with E-state index in [0.717, 1.165) is 42.3 Å². The topological polar surface area (TPSA) is 79.4 Å². The predicted octanol–water partition coefficient (Wildman–Crippen LogP) is 4.63. The van der Waals surface area contributed by atoms with Crippen molar-refractivity contribution in [3.63, 3.8) is 0 Å². The molecule has 0 aliphatic carbocycles. The van der Waals surface area contributed by atoms with Crippen molar-refractivity contribution in [1.82, 2.24) is 20.2 Å². The lowest BCUT2D eigenvalue weighted by Gasteiger charge is -2.39. The largest absolute Gasteiger partial charge is 0.497 e. The molecule has 2 N–H and O–H groups in total. The number of likely N-dealkylation sites (tertiary alicyclic amines) is 1. The van der Waals surface area contributed by atoms with Crippen LogP contribution in [0.3, 0.4) is 0 Å². The fourth-order valence-electron chi connectivity index (χ4n) is 4.17. The molecule has 1 fully saturated rings. The van der Waals surface area contributed by atoms with Crippen LogP contribution in [-0.4, -0.2) is 47.1 Å². The Hall–Kier alpha value is -3.16. The highest BCUT2D eigenvalue weighted by Crippen LogP contribution is 2.29. The van der Waals surface area contributed by atoms with Crippen molar-refractivity contribution in [2.75, 3.05) is 25.5 Å². The average molecular weight is 466 g/mol. The third-order valence-electron chi connectivity index (χ3n) is 5.87. The number of carbonyl (C=O) groups excluding carboxylic acids is 1. The summed E-state index contributed by atoms with van der Waals surface area (Å²) in [5.74, 6) is 1.74. The Labute approximate surface area is 199 Å². The number of ether oxygens (including phenoxy) is 1. The third-order valence-corrected chi connectivity index (χ3v) is 6.12. The van der Waals surface area contributed by atoms with Crippen LogP contribution in [0.25, 0.3) is 0 Å². The van der Waals surface area contributed by atoms with Crippen molar-refractivity contribution in [3.05, 3.63) is 82.9 Å². The van der Waals surface area contributed by atoms with Gasteiger partial charge in [-0.1, -0.05) is 23.7 Å². The van der Waals surface area contributed by atoms with Crippen molar-refractivity contribution in [1.29, 1.82) is 0 Å². The Morgan fingerprint density at radius 3 is 2.61 bits per heavy atom. The number of methoxy groups -OCH3 is 1. The van der Waals surface area contributed by atoms with E-state index in [0.29, 0.717) is 17.3 Å². The molecule has 2 heterocycles. The molecule has 1 unspecified atom stereocenters. The Morgan fingerprint density at radius 2 is 1.91 bits per heavy atom. The van der Waals surface area contributed by atoms with Gasteiger partial charge in [-0.05, 0) is 61.4 Å². The number of carbonyl (C=O) groups is 1. The first-order valence-corrected chi connectivity index (χ1v) is 11.4. The van der Waals surface area contributed by atoms with Crippen LogP contribution in [0, 0.1) is 6.92 Å². The summed E-state index contributed by atoms with van der Waals surface area (Å²) in [6.07, 6.45) is 2.62. The number of aryl methyl sites for hydroxylation is 1. The summed E-state index contributed by atoms with van der Waals surface area (Å²) in [6, 6.07) is 16.8. The van der Waals surface area contributed by atoms with Crippen molar-refractivity contribution in [3.8, 4) is 5.75 Å². The predicted molar refractivity (Wildman–Crippen MR) is 130 cm³/mol. The lowest BCUT2D eigenvalue weighted by Crippen LogP contribution is -2.50. The van der Waals surface area contributed by atoms with Crippen LogP contribution in [0.15, 0.2) is 60.8 Å². The molecule has 0 bridgehead atoms. The first-order valence-electron chi connectivity index (χ1n) is 11.0. The summed E-state index contributed by atoms with van der Waals surface area (Å²) in [6.45, 7) is 4.28. The zero-order chi connectivity index (χ0) is 23.2. The molecule has 8 heteroatoms. The monoisotopic (exact) mass is 465 g/mol. The van der Waals surface area contributed by atoms with E-state index < -0.39 is 0 Å². The maximum absolute atomic E-state index is 12.7. The molecule has 0 radical (unpaired) electrons. The second-order valence-electron chi connectivity index (χ2n) is 8.23. The Kier molecular flexibility index (Phi) is 7.42. The van der Waals surface area contributed by atoms with Gasteiger partial charge in [0.15, 0.2) is 0 Å². The maximum Gasteiger partial charge on any atom is 0.319 e. The number of aromatic nitrogens is 2. The number of benzene rings is 2. The Morgan fingerprint density at radius 1 is 1.15 bits per heavy atom. The number of nitrogens with zero attached hydrogens (tertiary/aromatic N) is 3. The number of urea groups is 1. The number of nitrogens with one attached hydrogen (secondary N) is 2. The van der Waals surface area contributed by atoms with Crippen molar-refractivity contribution >= 4 is 23.3 Å². The third kappa shape index (κ3) is 6.21. The van der Waals surface area contributed by atoms with Gasteiger partial charge in [0.1, 0.15) is 11.6 Å². The number of piperidine rings is 1. The van der Waals surface area contributed by atoms with Gasteiger partial charge in [0.2, 0.25) is 0 Å². The van der Waals surface area contributed by atoms with Crippen molar-refractivity contribution in [2.45, 2.75) is 31.8 Å². The van der Waals surface area contributed by atoms with Crippen molar-refractivity contribution in [2.24, 2.45) is 0 Å². The Bertz CT molecular complexity index is 1070. The van der Waals surface area contributed by atoms with E-state index in [1.54, 1.807) is 37.6 Å². The van der Waals surface area contributed by atoms with Crippen LogP contribution >= 0.6 is 11.6 Å². The average Bonchev–Trinajstić information content (AvgIpc) is 2.82. The van der Waals surface area contributed by atoms with E-state index >= 15 is 0 Å². The quantitative estimate of drug-likeness (QED) is 0.555. The molecule has 3 aromatic rings. The van der Waals surface area contributed by atoms with Crippen LogP contribution in [0.5, 0.6) is 5.75 Å². The first kappa shape index (κ1) is 23.0. The van der Waals surface area contributed by atoms with Gasteiger partial charge >= 0.3 is 6.03 Å². The van der Waals surface area contributed by atoms with E-state index in [4.69, 9.17) is 16.3 Å². The number of anilines is 1. The fraction of sp³-hybridized carbons (Fsp3) is 0.320. The molecule has 2 aromatic carbocycles. The molecular weight excluding hydrogens is 438 g/mol. The SMILES string of the molecule is COc1ccc(C2CN(Cc3nccc(C)n3)CC[C@H]2NC(=O)Nc2ccc(Cl)cc2)cc1. The van der Waals surface area contributed by atoms with Crippen LogP contribution in [0.2, 0.25) is 5.02 Å². The van der Waals surface area contributed by atoms with Gasteiger partial charge in [-0.25, -0.2) is 14.8 Å². The molecular formula is C25H28ClN5O2. The van der Waals surface area contributed by atoms with Gasteiger partial charge in [-0.3, -0.25) is 4.90 Å². The van der Waals surface area contributed by atoms with E-state index in [-0.39, 0.29) is 18.0 Å². The van der Waals surface area contributed by atoms with Crippen LogP contribution in [0.4, 0.5) is 10.5 Å². The number of hydrogen-bond donors (Lipinski definition) is 2. The highest BCUT2D eigenvalue weighted by atomic mass is 35.5. The zero-order valence-electron chi connectivity index (χ0n) is 18.8. The summed E-state index contributed by atoms with van der Waals surface area (Å²) < 4.78 is 5.32. The second kappa shape index (κ2) is 10.6. The minimum Gasteiger partial charge on any atom is -0.497 e. The van der Waals surface area contributed by atoms with Crippen molar-refractivity contribution < 1.29 is 9.53 Å². The van der Waals surface area contributed by atoms with Gasteiger partial charge < -0.3 is 15.4 Å². The smallest absolute Gasteiger partial charge is 0.319 e. The normalized spacial score (nSPS) is 18.5. The van der Waals surface area contributed by atoms with E-state index in [9.17, 15) is 4.79 Å². The number of halogens is 1. The molecule has 1 aliphatic heterocycles.